The van der Waals surface area contributed by atoms with E-state index in [1.54, 1.807) is 18.2 Å². The van der Waals surface area contributed by atoms with Crippen LogP contribution >= 0.6 is 0 Å². The van der Waals surface area contributed by atoms with E-state index in [4.69, 9.17) is 0 Å². The predicted molar refractivity (Wildman–Crippen MR) is 65.4 cm³/mol. The van der Waals surface area contributed by atoms with Crippen molar-refractivity contribution in [3.05, 3.63) is 46.0 Å². The number of hydrogen-bond donors (Lipinski definition) is 1. The molecule has 0 atom stereocenters. The molecule has 5 nitrogen and oxygen atoms in total. The van der Waals surface area contributed by atoms with Gasteiger partial charge >= 0.3 is 0 Å². The number of nitrogens with one attached hydrogen (secondary N) is 1. The van der Waals surface area contributed by atoms with Gasteiger partial charge in [-0.05, 0) is 18.1 Å². The maximum absolute atomic E-state index is 11.3. The number of hydrogen-bond acceptors (Lipinski definition) is 3. The molecule has 0 bridgehead atoms. The normalized spacial score (nSPS) is 10.4. The first-order valence-corrected chi connectivity index (χ1v) is 5.34. The van der Waals surface area contributed by atoms with Crippen LogP contribution in [0.15, 0.2) is 30.3 Å². The van der Waals surface area contributed by atoms with Crippen molar-refractivity contribution in [2.24, 2.45) is 0 Å². The van der Waals surface area contributed by atoms with E-state index in [1.807, 2.05) is 6.92 Å². The molecule has 0 saturated carbocycles. The van der Waals surface area contributed by atoms with E-state index >= 15 is 0 Å². The third kappa shape index (κ3) is 4.46. The van der Waals surface area contributed by atoms with E-state index in [0.29, 0.717) is 12.1 Å². The van der Waals surface area contributed by atoms with Crippen LogP contribution in [0.3, 0.4) is 0 Å². The Balaban J connectivity index is 2.68. The monoisotopic (exact) mass is 234 g/mol. The molecule has 0 aliphatic heterocycles. The number of benzene rings is 1. The second-order valence-corrected chi connectivity index (χ2v) is 3.48. The Kier molecular flexibility index (Phi) is 4.87. The topological polar surface area (TPSA) is 72.2 Å². The molecule has 17 heavy (non-hydrogen) atoms. The molecular formula is C12H14N2O3. The van der Waals surface area contributed by atoms with E-state index in [2.05, 4.69) is 5.32 Å². The van der Waals surface area contributed by atoms with Crippen LogP contribution in [0.4, 0.5) is 5.69 Å². The van der Waals surface area contributed by atoms with Crippen LogP contribution in [-0.4, -0.2) is 17.4 Å². The molecule has 0 aromatic heterocycles. The second kappa shape index (κ2) is 6.42. The molecule has 0 heterocycles. The van der Waals surface area contributed by atoms with Crippen molar-refractivity contribution in [3.63, 3.8) is 0 Å². The zero-order valence-corrected chi connectivity index (χ0v) is 9.55. The summed E-state index contributed by atoms with van der Waals surface area (Å²) in [5, 5.41) is 13.2. The summed E-state index contributed by atoms with van der Waals surface area (Å²) in [7, 11) is 0. The van der Waals surface area contributed by atoms with Crippen LogP contribution < -0.4 is 5.32 Å². The molecule has 0 spiro atoms. The van der Waals surface area contributed by atoms with Crippen LogP contribution in [0.2, 0.25) is 0 Å². The molecule has 0 saturated heterocycles. The van der Waals surface area contributed by atoms with Gasteiger partial charge in [0.15, 0.2) is 0 Å². The van der Waals surface area contributed by atoms with Crippen LogP contribution in [0, 0.1) is 10.1 Å². The van der Waals surface area contributed by atoms with Crippen molar-refractivity contribution in [1.29, 1.82) is 0 Å². The van der Waals surface area contributed by atoms with Gasteiger partial charge in [0, 0.05) is 24.8 Å². The van der Waals surface area contributed by atoms with Crippen molar-refractivity contribution in [1.82, 2.24) is 5.32 Å². The van der Waals surface area contributed by atoms with Crippen molar-refractivity contribution in [2.45, 2.75) is 13.3 Å². The summed E-state index contributed by atoms with van der Waals surface area (Å²) in [5.74, 6) is -0.196. The summed E-state index contributed by atoms with van der Waals surface area (Å²) in [4.78, 5) is 21.3. The quantitative estimate of drug-likeness (QED) is 0.482. The number of amides is 1. The third-order valence-corrected chi connectivity index (χ3v) is 2.06. The Morgan fingerprint density at radius 2 is 2.29 bits per heavy atom. The summed E-state index contributed by atoms with van der Waals surface area (Å²) in [6.07, 6.45) is 3.79. The van der Waals surface area contributed by atoms with E-state index in [-0.39, 0.29) is 11.6 Å². The van der Waals surface area contributed by atoms with Crippen molar-refractivity contribution >= 4 is 17.7 Å². The number of rotatable bonds is 5. The van der Waals surface area contributed by atoms with Gasteiger partial charge < -0.3 is 5.32 Å². The van der Waals surface area contributed by atoms with Crippen molar-refractivity contribution < 1.29 is 9.72 Å². The minimum absolute atomic E-state index is 0.0149. The van der Waals surface area contributed by atoms with E-state index in [1.165, 1.54) is 18.2 Å². The highest BCUT2D eigenvalue weighted by Gasteiger charge is 2.03. The van der Waals surface area contributed by atoms with Gasteiger partial charge in [-0.1, -0.05) is 19.1 Å². The van der Waals surface area contributed by atoms with Crippen LogP contribution in [0.25, 0.3) is 6.08 Å². The lowest BCUT2D eigenvalue weighted by Crippen LogP contribution is -2.21. The first kappa shape index (κ1) is 12.9. The van der Waals surface area contributed by atoms with Crippen molar-refractivity contribution in [3.8, 4) is 0 Å². The molecule has 5 heteroatoms. The maximum atomic E-state index is 11.3. The summed E-state index contributed by atoms with van der Waals surface area (Å²) in [6, 6.07) is 6.12. The fourth-order valence-corrected chi connectivity index (χ4v) is 1.22. The highest BCUT2D eigenvalue weighted by atomic mass is 16.6. The van der Waals surface area contributed by atoms with Gasteiger partial charge in [0.2, 0.25) is 5.91 Å². The summed E-state index contributed by atoms with van der Waals surface area (Å²) in [6.45, 7) is 2.59. The molecule has 1 aromatic carbocycles. The van der Waals surface area contributed by atoms with Crippen molar-refractivity contribution in [2.75, 3.05) is 6.54 Å². The molecule has 0 aliphatic rings. The van der Waals surface area contributed by atoms with Crippen LogP contribution in [0.1, 0.15) is 18.9 Å². The standard InChI is InChI=1S/C12H14N2O3/c1-2-8-13-12(15)7-6-10-4-3-5-11(9-10)14(16)17/h3-7,9H,2,8H2,1H3,(H,13,15). The molecule has 0 radical (unpaired) electrons. The Labute approximate surface area is 99.3 Å². The lowest BCUT2D eigenvalue weighted by atomic mass is 10.2. The van der Waals surface area contributed by atoms with Gasteiger partial charge in [0.25, 0.3) is 5.69 Å². The minimum atomic E-state index is -0.464. The number of nitrogens with zero attached hydrogens (tertiary/aromatic N) is 1. The lowest BCUT2D eigenvalue weighted by molar-refractivity contribution is -0.384. The molecule has 1 rings (SSSR count). The number of nitro benzene ring substituents is 1. The molecular weight excluding hydrogens is 220 g/mol. The number of non-ortho nitro benzene ring substituents is 1. The summed E-state index contributed by atoms with van der Waals surface area (Å²) in [5.41, 5.74) is 0.645. The Morgan fingerprint density at radius 1 is 1.53 bits per heavy atom. The fourth-order valence-electron chi connectivity index (χ4n) is 1.22. The molecule has 0 aliphatic carbocycles. The van der Waals surface area contributed by atoms with Gasteiger partial charge in [-0.2, -0.15) is 0 Å². The van der Waals surface area contributed by atoms with Gasteiger partial charge in [0.1, 0.15) is 0 Å². The highest BCUT2D eigenvalue weighted by Crippen LogP contribution is 2.13. The average Bonchev–Trinajstić information content (AvgIpc) is 2.34. The largest absolute Gasteiger partial charge is 0.353 e. The smallest absolute Gasteiger partial charge is 0.270 e. The first-order valence-electron chi connectivity index (χ1n) is 5.34. The fraction of sp³-hybridized carbons (Fsp3) is 0.250. The number of carbonyl (C=O) groups is 1. The second-order valence-electron chi connectivity index (χ2n) is 3.48. The SMILES string of the molecule is CCCNC(=O)C=Cc1cccc([N+](=O)[O-])c1. The zero-order chi connectivity index (χ0) is 12.7. The van der Waals surface area contributed by atoms with Gasteiger partial charge in [-0.3, -0.25) is 14.9 Å². The zero-order valence-electron chi connectivity index (χ0n) is 9.55. The molecule has 1 aromatic rings. The molecule has 1 amide bonds. The minimum Gasteiger partial charge on any atom is -0.353 e. The van der Waals surface area contributed by atoms with Gasteiger partial charge in [-0.25, -0.2) is 0 Å². The van der Waals surface area contributed by atoms with Crippen LogP contribution in [0.5, 0.6) is 0 Å². The Hall–Kier alpha value is -2.17. The predicted octanol–water partition coefficient (Wildman–Crippen LogP) is 2.13. The Bertz CT molecular complexity index is 441. The van der Waals surface area contributed by atoms with E-state index < -0.39 is 4.92 Å². The highest BCUT2D eigenvalue weighted by molar-refractivity contribution is 5.91. The maximum Gasteiger partial charge on any atom is 0.270 e. The van der Waals surface area contributed by atoms with Crippen LogP contribution in [-0.2, 0) is 4.79 Å². The van der Waals surface area contributed by atoms with Gasteiger partial charge in [0.05, 0.1) is 4.92 Å². The average molecular weight is 234 g/mol. The first-order chi connectivity index (χ1) is 8.13. The summed E-state index contributed by atoms with van der Waals surface area (Å²) < 4.78 is 0. The number of nitro groups is 1. The molecule has 0 unspecified atom stereocenters. The molecule has 0 fully saturated rings. The van der Waals surface area contributed by atoms with E-state index in [0.717, 1.165) is 6.42 Å². The summed E-state index contributed by atoms with van der Waals surface area (Å²) >= 11 is 0. The lowest BCUT2D eigenvalue weighted by Gasteiger charge is -1.97. The molecule has 1 N–H and O–H groups in total. The van der Waals surface area contributed by atoms with Gasteiger partial charge in [-0.15, -0.1) is 0 Å². The third-order valence-electron chi connectivity index (χ3n) is 2.06. The Morgan fingerprint density at radius 3 is 2.94 bits per heavy atom. The van der Waals surface area contributed by atoms with E-state index in [9.17, 15) is 14.9 Å². The molecule has 90 valence electrons. The number of carbonyl (C=O) groups excluding carboxylic acids is 1.